The third kappa shape index (κ3) is 4.86. The van der Waals surface area contributed by atoms with E-state index in [4.69, 9.17) is 24.8 Å². The molecule has 4 aromatic rings. The summed E-state index contributed by atoms with van der Waals surface area (Å²) >= 11 is 0. The highest BCUT2D eigenvalue weighted by atomic mass is 16.5. The molecule has 4 rings (SSSR count). The highest BCUT2D eigenvalue weighted by Crippen LogP contribution is 2.35. The lowest BCUT2D eigenvalue weighted by Gasteiger charge is -2.10. The van der Waals surface area contributed by atoms with E-state index in [0.29, 0.717) is 17.5 Å². The second kappa shape index (κ2) is 9.54. The maximum atomic E-state index is 11.0. The molecule has 0 aliphatic carbocycles. The molecule has 0 aliphatic heterocycles. The maximum Gasteiger partial charge on any atom is 0.320 e. The van der Waals surface area contributed by atoms with Gasteiger partial charge in [0.25, 0.3) is 5.89 Å². The van der Waals surface area contributed by atoms with Crippen LogP contribution in [0.3, 0.4) is 0 Å². The zero-order valence-electron chi connectivity index (χ0n) is 18.2. The lowest BCUT2D eigenvalue weighted by molar-refractivity contribution is -0.138. The fourth-order valence-corrected chi connectivity index (χ4v) is 3.43. The zero-order chi connectivity index (χ0) is 23.4. The highest BCUT2D eigenvalue weighted by molar-refractivity contribution is 5.82. The van der Waals surface area contributed by atoms with Crippen LogP contribution in [0.25, 0.3) is 34.0 Å². The van der Waals surface area contributed by atoms with E-state index >= 15 is 0 Å². The van der Waals surface area contributed by atoms with Gasteiger partial charge in [-0.05, 0) is 53.4 Å². The molecular formula is C25H23N3O5. The van der Waals surface area contributed by atoms with Gasteiger partial charge in [0.05, 0.1) is 14.2 Å². The van der Waals surface area contributed by atoms with Crippen molar-refractivity contribution >= 4 is 5.97 Å². The molecule has 1 heterocycles. The van der Waals surface area contributed by atoms with Gasteiger partial charge in [0, 0.05) is 11.1 Å². The van der Waals surface area contributed by atoms with Crippen LogP contribution in [0.15, 0.2) is 71.3 Å². The summed E-state index contributed by atoms with van der Waals surface area (Å²) in [5.41, 5.74) is 9.77. The van der Waals surface area contributed by atoms with E-state index in [2.05, 4.69) is 10.1 Å². The number of ether oxygens (including phenoxy) is 2. The molecule has 0 amide bonds. The molecule has 8 heteroatoms. The van der Waals surface area contributed by atoms with Gasteiger partial charge in [0.2, 0.25) is 5.82 Å². The monoisotopic (exact) mass is 445 g/mol. The first-order chi connectivity index (χ1) is 16.0. The first-order valence-electron chi connectivity index (χ1n) is 10.2. The Morgan fingerprint density at radius 3 is 2.21 bits per heavy atom. The van der Waals surface area contributed by atoms with Crippen molar-refractivity contribution in [1.29, 1.82) is 0 Å². The third-order valence-electron chi connectivity index (χ3n) is 5.27. The number of methoxy groups -OCH3 is 2. The Labute approximate surface area is 190 Å². The average Bonchev–Trinajstić information content (AvgIpc) is 3.34. The molecule has 0 bridgehead atoms. The molecule has 0 saturated heterocycles. The van der Waals surface area contributed by atoms with E-state index in [1.807, 2.05) is 66.7 Å². The van der Waals surface area contributed by atoms with Crippen LogP contribution in [-0.4, -0.2) is 41.5 Å². The van der Waals surface area contributed by atoms with Crippen molar-refractivity contribution in [3.05, 3.63) is 72.3 Å². The van der Waals surface area contributed by atoms with Gasteiger partial charge < -0.3 is 24.8 Å². The molecule has 3 aromatic carbocycles. The topological polar surface area (TPSA) is 121 Å². The van der Waals surface area contributed by atoms with Gasteiger partial charge in [-0.25, -0.2) is 0 Å². The Morgan fingerprint density at radius 2 is 1.58 bits per heavy atom. The van der Waals surface area contributed by atoms with E-state index < -0.39 is 12.0 Å². The lowest BCUT2D eigenvalue weighted by Crippen LogP contribution is -2.32. The minimum Gasteiger partial charge on any atom is -0.497 e. The maximum absolute atomic E-state index is 11.0. The summed E-state index contributed by atoms with van der Waals surface area (Å²) in [7, 11) is 3.24. The van der Waals surface area contributed by atoms with Crippen LogP contribution in [0, 0.1) is 0 Å². The number of hydrogen-bond donors (Lipinski definition) is 2. The number of carboxylic acids is 1. The molecule has 33 heavy (non-hydrogen) atoms. The molecule has 0 saturated carbocycles. The van der Waals surface area contributed by atoms with E-state index in [1.54, 1.807) is 14.2 Å². The molecule has 0 aliphatic rings. The van der Waals surface area contributed by atoms with Gasteiger partial charge in [-0.2, -0.15) is 4.98 Å². The van der Waals surface area contributed by atoms with Gasteiger partial charge in [-0.1, -0.05) is 41.6 Å². The lowest BCUT2D eigenvalue weighted by atomic mass is 9.99. The highest BCUT2D eigenvalue weighted by Gasteiger charge is 2.17. The molecule has 0 spiro atoms. The summed E-state index contributed by atoms with van der Waals surface area (Å²) in [5, 5.41) is 13.1. The van der Waals surface area contributed by atoms with Crippen LogP contribution >= 0.6 is 0 Å². The zero-order valence-corrected chi connectivity index (χ0v) is 18.2. The van der Waals surface area contributed by atoms with Crippen molar-refractivity contribution in [2.24, 2.45) is 5.73 Å². The third-order valence-corrected chi connectivity index (χ3v) is 5.27. The van der Waals surface area contributed by atoms with Gasteiger partial charge in [-0.3, -0.25) is 4.79 Å². The number of aromatic nitrogens is 2. The number of nitrogens with two attached hydrogens (primary N) is 1. The first-order valence-corrected chi connectivity index (χ1v) is 10.2. The molecule has 8 nitrogen and oxygen atoms in total. The second-order valence-electron chi connectivity index (χ2n) is 7.41. The number of hydrogen-bond acceptors (Lipinski definition) is 7. The standard InChI is InChI=1S/C25H23N3O5/c1-31-18-9-7-16(8-10-18)21-14-19(32-2)11-12-20(21)24-27-23(28-33-24)17-5-3-15(4-6-17)13-22(26)25(29)30/h3-12,14,22H,13,26H2,1-2H3,(H,29,30)/t22-/m0/s1. The van der Waals surface area contributed by atoms with Crippen molar-refractivity contribution in [1.82, 2.24) is 10.1 Å². The summed E-state index contributed by atoms with van der Waals surface area (Å²) in [5.74, 6) is 1.23. The molecule has 3 N–H and O–H groups in total. The van der Waals surface area contributed by atoms with Crippen LogP contribution < -0.4 is 15.2 Å². The average molecular weight is 445 g/mol. The van der Waals surface area contributed by atoms with Crippen LogP contribution in [0.1, 0.15) is 5.56 Å². The fraction of sp³-hybridized carbons (Fsp3) is 0.160. The normalized spacial score (nSPS) is 11.7. The Kier molecular flexibility index (Phi) is 6.37. The predicted octanol–water partition coefficient (Wildman–Crippen LogP) is 4.04. The summed E-state index contributed by atoms with van der Waals surface area (Å²) in [4.78, 5) is 15.5. The minimum atomic E-state index is -1.03. The predicted molar refractivity (Wildman–Crippen MR) is 123 cm³/mol. The number of nitrogens with zero attached hydrogens (tertiary/aromatic N) is 2. The molecular weight excluding hydrogens is 422 g/mol. The fourth-order valence-electron chi connectivity index (χ4n) is 3.43. The van der Waals surface area contributed by atoms with Crippen molar-refractivity contribution in [3.63, 3.8) is 0 Å². The van der Waals surface area contributed by atoms with E-state index in [1.165, 1.54) is 0 Å². The summed E-state index contributed by atoms with van der Waals surface area (Å²) in [6.45, 7) is 0. The van der Waals surface area contributed by atoms with Crippen molar-refractivity contribution in [2.75, 3.05) is 14.2 Å². The van der Waals surface area contributed by atoms with Crippen LogP contribution in [-0.2, 0) is 11.2 Å². The van der Waals surface area contributed by atoms with E-state index in [-0.39, 0.29) is 6.42 Å². The SMILES string of the molecule is COc1ccc(-c2cc(OC)ccc2-c2nc(-c3ccc(C[C@H](N)C(=O)O)cc3)no2)cc1. The number of rotatable bonds is 8. The summed E-state index contributed by atoms with van der Waals surface area (Å²) in [6, 6.07) is 19.6. The molecule has 0 unspecified atom stereocenters. The Morgan fingerprint density at radius 1 is 0.939 bits per heavy atom. The van der Waals surface area contributed by atoms with Gasteiger partial charge in [-0.15, -0.1) is 0 Å². The summed E-state index contributed by atoms with van der Waals surface area (Å²) in [6.07, 6.45) is 0.240. The van der Waals surface area contributed by atoms with Crippen LogP contribution in [0.2, 0.25) is 0 Å². The van der Waals surface area contributed by atoms with Gasteiger partial charge in [0.1, 0.15) is 17.5 Å². The number of carboxylic acid groups (broad SMARTS) is 1. The Hall–Kier alpha value is -4.17. The van der Waals surface area contributed by atoms with Crippen molar-refractivity contribution < 1.29 is 23.9 Å². The van der Waals surface area contributed by atoms with E-state index in [0.717, 1.165) is 33.6 Å². The van der Waals surface area contributed by atoms with E-state index in [9.17, 15) is 4.79 Å². The van der Waals surface area contributed by atoms with Crippen LogP contribution in [0.4, 0.5) is 0 Å². The van der Waals surface area contributed by atoms with Gasteiger partial charge in [0.15, 0.2) is 0 Å². The minimum absolute atomic E-state index is 0.240. The second-order valence-corrected chi connectivity index (χ2v) is 7.41. The number of carbonyl (C=O) groups is 1. The van der Waals surface area contributed by atoms with Crippen molar-refractivity contribution in [3.8, 4) is 45.5 Å². The van der Waals surface area contributed by atoms with Gasteiger partial charge >= 0.3 is 5.97 Å². The first kappa shape index (κ1) is 22.0. The van der Waals surface area contributed by atoms with Crippen molar-refractivity contribution in [2.45, 2.75) is 12.5 Å². The number of benzene rings is 3. The smallest absolute Gasteiger partial charge is 0.320 e. The Balaban J connectivity index is 1.65. The Bertz CT molecular complexity index is 1250. The molecule has 168 valence electrons. The molecule has 1 atom stereocenters. The molecule has 0 fully saturated rings. The van der Waals surface area contributed by atoms with Crippen LogP contribution in [0.5, 0.6) is 11.5 Å². The molecule has 0 radical (unpaired) electrons. The largest absolute Gasteiger partial charge is 0.497 e. The quantitative estimate of drug-likeness (QED) is 0.417. The summed E-state index contributed by atoms with van der Waals surface area (Å²) < 4.78 is 16.2. The number of aliphatic carboxylic acids is 1. The molecule has 1 aromatic heterocycles.